The zero-order chi connectivity index (χ0) is 11.3. The van der Waals surface area contributed by atoms with E-state index in [1.807, 2.05) is 6.92 Å². The lowest BCUT2D eigenvalue weighted by molar-refractivity contribution is -0.125. The lowest BCUT2D eigenvalue weighted by Gasteiger charge is -2.29. The van der Waals surface area contributed by atoms with Gasteiger partial charge in [0, 0.05) is 19.7 Å². The average molecular weight is 214 g/mol. The van der Waals surface area contributed by atoms with Crippen molar-refractivity contribution in [3.63, 3.8) is 0 Å². The van der Waals surface area contributed by atoms with Gasteiger partial charge < -0.3 is 10.4 Å². The van der Waals surface area contributed by atoms with Gasteiger partial charge in [-0.15, -0.1) is 0 Å². The first-order chi connectivity index (χ1) is 7.20. The highest BCUT2D eigenvalue weighted by molar-refractivity contribution is 5.81. The zero-order valence-electron chi connectivity index (χ0n) is 9.70. The summed E-state index contributed by atoms with van der Waals surface area (Å²) < 4.78 is 0. The van der Waals surface area contributed by atoms with Crippen molar-refractivity contribution in [1.82, 2.24) is 10.2 Å². The standard InChI is InChI=1S/C11H22N2O2/c1-9(11(15)12-2)13-7-3-5-10(13)6-4-8-14/h9-10,14H,3-8H2,1-2H3,(H,12,15). The first-order valence-electron chi connectivity index (χ1n) is 5.79. The molecule has 0 bridgehead atoms. The van der Waals surface area contributed by atoms with Crippen LogP contribution in [0.25, 0.3) is 0 Å². The molecule has 1 amide bonds. The van der Waals surface area contributed by atoms with E-state index in [2.05, 4.69) is 10.2 Å². The summed E-state index contributed by atoms with van der Waals surface area (Å²) in [6, 6.07) is 0.436. The highest BCUT2D eigenvalue weighted by Crippen LogP contribution is 2.23. The molecular formula is C11H22N2O2. The second-order valence-electron chi connectivity index (χ2n) is 4.19. The molecule has 2 unspecified atom stereocenters. The molecule has 0 saturated carbocycles. The van der Waals surface area contributed by atoms with E-state index in [0.717, 1.165) is 32.2 Å². The first kappa shape index (κ1) is 12.5. The summed E-state index contributed by atoms with van der Waals surface area (Å²) in [5, 5.41) is 11.5. The van der Waals surface area contributed by atoms with Gasteiger partial charge in [-0.3, -0.25) is 9.69 Å². The van der Waals surface area contributed by atoms with Crippen molar-refractivity contribution in [2.75, 3.05) is 20.2 Å². The lowest BCUT2D eigenvalue weighted by atomic mass is 10.1. The number of likely N-dealkylation sites (tertiary alicyclic amines) is 1. The Morgan fingerprint density at radius 3 is 3.00 bits per heavy atom. The van der Waals surface area contributed by atoms with Crippen LogP contribution in [0.4, 0.5) is 0 Å². The maximum absolute atomic E-state index is 11.5. The minimum absolute atomic E-state index is 0.0406. The van der Waals surface area contributed by atoms with E-state index in [1.165, 1.54) is 0 Å². The fourth-order valence-corrected chi connectivity index (χ4v) is 2.36. The Hall–Kier alpha value is -0.610. The van der Waals surface area contributed by atoms with E-state index in [1.54, 1.807) is 7.05 Å². The zero-order valence-corrected chi connectivity index (χ0v) is 9.70. The van der Waals surface area contributed by atoms with Crippen LogP contribution in [0.3, 0.4) is 0 Å². The maximum atomic E-state index is 11.5. The van der Waals surface area contributed by atoms with Crippen molar-refractivity contribution in [3.8, 4) is 0 Å². The number of aliphatic hydroxyl groups is 1. The van der Waals surface area contributed by atoms with Crippen molar-refractivity contribution in [2.24, 2.45) is 0 Å². The Morgan fingerprint density at radius 2 is 2.40 bits per heavy atom. The molecule has 4 nitrogen and oxygen atoms in total. The number of rotatable bonds is 5. The number of hydrogen-bond donors (Lipinski definition) is 2. The molecule has 0 aromatic heterocycles. The molecule has 2 atom stereocenters. The Morgan fingerprint density at radius 1 is 1.67 bits per heavy atom. The van der Waals surface area contributed by atoms with Crippen molar-refractivity contribution in [2.45, 2.75) is 44.7 Å². The van der Waals surface area contributed by atoms with Gasteiger partial charge in [-0.05, 0) is 39.2 Å². The number of carbonyl (C=O) groups is 1. The first-order valence-corrected chi connectivity index (χ1v) is 5.79. The van der Waals surface area contributed by atoms with Gasteiger partial charge in [0.2, 0.25) is 5.91 Å². The molecule has 15 heavy (non-hydrogen) atoms. The van der Waals surface area contributed by atoms with Gasteiger partial charge in [-0.2, -0.15) is 0 Å². The number of aliphatic hydroxyl groups excluding tert-OH is 1. The van der Waals surface area contributed by atoms with Gasteiger partial charge in [0.05, 0.1) is 6.04 Å². The molecule has 1 aliphatic rings. The molecule has 1 rings (SSSR count). The van der Waals surface area contributed by atoms with Crippen LogP contribution in [0, 0.1) is 0 Å². The molecule has 4 heteroatoms. The molecule has 1 fully saturated rings. The number of hydrogen-bond acceptors (Lipinski definition) is 3. The third-order valence-electron chi connectivity index (χ3n) is 3.24. The normalized spacial score (nSPS) is 24.1. The van der Waals surface area contributed by atoms with E-state index < -0.39 is 0 Å². The number of likely N-dealkylation sites (N-methyl/N-ethyl adjacent to an activating group) is 1. The van der Waals surface area contributed by atoms with Crippen LogP contribution in [0.1, 0.15) is 32.6 Å². The van der Waals surface area contributed by atoms with E-state index in [-0.39, 0.29) is 18.6 Å². The monoisotopic (exact) mass is 214 g/mol. The lowest BCUT2D eigenvalue weighted by Crippen LogP contribution is -2.46. The summed E-state index contributed by atoms with van der Waals surface area (Å²) in [5.41, 5.74) is 0. The predicted molar refractivity (Wildman–Crippen MR) is 59.6 cm³/mol. The van der Waals surface area contributed by atoms with Gasteiger partial charge in [-0.25, -0.2) is 0 Å². The van der Waals surface area contributed by atoms with Gasteiger partial charge in [0.15, 0.2) is 0 Å². The van der Waals surface area contributed by atoms with E-state index in [4.69, 9.17) is 5.11 Å². The summed E-state index contributed by atoms with van der Waals surface area (Å²) >= 11 is 0. The van der Waals surface area contributed by atoms with Crippen LogP contribution in [0.2, 0.25) is 0 Å². The Kier molecular flexibility index (Phi) is 5.05. The molecule has 1 aliphatic heterocycles. The minimum Gasteiger partial charge on any atom is -0.396 e. The van der Waals surface area contributed by atoms with Crippen LogP contribution in [-0.4, -0.2) is 48.2 Å². The van der Waals surface area contributed by atoms with E-state index in [9.17, 15) is 4.79 Å². The average Bonchev–Trinajstić information content (AvgIpc) is 2.72. The fourth-order valence-electron chi connectivity index (χ4n) is 2.36. The van der Waals surface area contributed by atoms with Crippen molar-refractivity contribution >= 4 is 5.91 Å². The minimum atomic E-state index is -0.0406. The molecule has 0 aromatic rings. The Bertz CT molecular complexity index is 209. The molecular weight excluding hydrogens is 192 g/mol. The van der Waals surface area contributed by atoms with E-state index in [0.29, 0.717) is 6.04 Å². The predicted octanol–water partition coefficient (Wildman–Crippen LogP) is 0.358. The SMILES string of the molecule is CNC(=O)C(C)N1CCCC1CCCO. The molecule has 0 aromatic carbocycles. The second-order valence-corrected chi connectivity index (χ2v) is 4.19. The molecule has 0 radical (unpaired) electrons. The number of carbonyl (C=O) groups excluding carboxylic acids is 1. The van der Waals surface area contributed by atoms with Gasteiger partial charge in [0.25, 0.3) is 0 Å². The summed E-state index contributed by atoms with van der Waals surface area (Å²) in [4.78, 5) is 13.8. The second kappa shape index (κ2) is 6.08. The molecule has 0 spiro atoms. The van der Waals surface area contributed by atoms with Crippen LogP contribution in [0.5, 0.6) is 0 Å². The third kappa shape index (κ3) is 3.18. The molecule has 0 aliphatic carbocycles. The van der Waals surface area contributed by atoms with Gasteiger partial charge in [-0.1, -0.05) is 0 Å². The van der Waals surface area contributed by atoms with Gasteiger partial charge in [0.1, 0.15) is 0 Å². The molecule has 2 N–H and O–H groups in total. The fraction of sp³-hybridized carbons (Fsp3) is 0.909. The van der Waals surface area contributed by atoms with Crippen LogP contribution in [-0.2, 0) is 4.79 Å². The topological polar surface area (TPSA) is 52.6 Å². The quantitative estimate of drug-likeness (QED) is 0.694. The van der Waals surface area contributed by atoms with Gasteiger partial charge >= 0.3 is 0 Å². The van der Waals surface area contributed by atoms with Crippen LogP contribution in [0.15, 0.2) is 0 Å². The maximum Gasteiger partial charge on any atom is 0.236 e. The highest BCUT2D eigenvalue weighted by atomic mass is 16.2. The van der Waals surface area contributed by atoms with Crippen LogP contribution < -0.4 is 5.32 Å². The highest BCUT2D eigenvalue weighted by Gasteiger charge is 2.30. The smallest absolute Gasteiger partial charge is 0.236 e. The number of nitrogens with zero attached hydrogens (tertiary/aromatic N) is 1. The van der Waals surface area contributed by atoms with Crippen molar-refractivity contribution in [1.29, 1.82) is 0 Å². The van der Waals surface area contributed by atoms with E-state index >= 15 is 0 Å². The largest absolute Gasteiger partial charge is 0.396 e. The molecule has 1 saturated heterocycles. The summed E-state index contributed by atoms with van der Waals surface area (Å²) in [6.07, 6.45) is 4.15. The number of amides is 1. The van der Waals surface area contributed by atoms with Crippen molar-refractivity contribution in [3.05, 3.63) is 0 Å². The van der Waals surface area contributed by atoms with Crippen LogP contribution >= 0.6 is 0 Å². The summed E-state index contributed by atoms with van der Waals surface area (Å²) in [6.45, 7) is 3.21. The Labute approximate surface area is 91.6 Å². The van der Waals surface area contributed by atoms with Crippen molar-refractivity contribution < 1.29 is 9.90 Å². The number of nitrogens with one attached hydrogen (secondary N) is 1. The Balaban J connectivity index is 2.47. The molecule has 1 heterocycles. The summed E-state index contributed by atoms with van der Waals surface area (Å²) in [5.74, 6) is 0.0888. The third-order valence-corrected chi connectivity index (χ3v) is 3.24. The molecule has 88 valence electrons. The summed E-state index contributed by atoms with van der Waals surface area (Å²) in [7, 11) is 1.68.